The molecule has 0 heterocycles. The van der Waals surface area contributed by atoms with Gasteiger partial charge in [0.1, 0.15) is 5.75 Å². The van der Waals surface area contributed by atoms with Crippen LogP contribution in [0.4, 0.5) is 0 Å². The minimum Gasteiger partial charge on any atom is -0.508 e. The predicted molar refractivity (Wildman–Crippen MR) is 75.1 cm³/mol. The van der Waals surface area contributed by atoms with Gasteiger partial charge >= 0.3 is 0 Å². The number of benzene rings is 1. The number of phenolic OH excluding ortho intramolecular Hbond substituents is 1. The van der Waals surface area contributed by atoms with Crippen LogP contribution in [0.3, 0.4) is 0 Å². The molecular weight excluding hydrogens is 248 g/mol. The maximum Gasteiger partial charge on any atom is 0.121 e. The number of phenols is 1. The SMILES string of the molecule is CN(C)C1(CNCc2c(O)cccc2Cl)CCC1. The Bertz CT molecular complexity index is 396. The highest BCUT2D eigenvalue weighted by molar-refractivity contribution is 6.31. The first-order valence-electron chi connectivity index (χ1n) is 6.40. The first kappa shape index (κ1) is 13.7. The normalized spacial score (nSPS) is 17.8. The summed E-state index contributed by atoms with van der Waals surface area (Å²) in [7, 11) is 4.27. The predicted octanol–water partition coefficient (Wildman–Crippen LogP) is 2.62. The first-order valence-corrected chi connectivity index (χ1v) is 6.77. The Morgan fingerprint density at radius 2 is 2.11 bits per heavy atom. The number of nitrogens with zero attached hydrogens (tertiary/aromatic N) is 1. The van der Waals surface area contributed by atoms with Crippen molar-refractivity contribution in [2.24, 2.45) is 0 Å². The van der Waals surface area contributed by atoms with Crippen molar-refractivity contribution in [2.75, 3.05) is 20.6 Å². The van der Waals surface area contributed by atoms with Crippen molar-refractivity contribution in [1.29, 1.82) is 0 Å². The van der Waals surface area contributed by atoms with Crippen molar-refractivity contribution in [3.63, 3.8) is 0 Å². The van der Waals surface area contributed by atoms with E-state index in [9.17, 15) is 5.11 Å². The molecule has 0 aromatic heterocycles. The Balaban J connectivity index is 1.92. The van der Waals surface area contributed by atoms with Crippen LogP contribution in [0, 0.1) is 0 Å². The van der Waals surface area contributed by atoms with Crippen LogP contribution in [0.25, 0.3) is 0 Å². The van der Waals surface area contributed by atoms with Crippen LogP contribution in [0.2, 0.25) is 5.02 Å². The molecule has 100 valence electrons. The lowest BCUT2D eigenvalue weighted by molar-refractivity contribution is 0.0598. The van der Waals surface area contributed by atoms with E-state index in [-0.39, 0.29) is 11.3 Å². The molecule has 0 radical (unpaired) electrons. The lowest BCUT2D eigenvalue weighted by atomic mass is 9.75. The van der Waals surface area contributed by atoms with E-state index in [1.807, 2.05) is 6.07 Å². The van der Waals surface area contributed by atoms with Crippen molar-refractivity contribution in [2.45, 2.75) is 31.3 Å². The molecule has 0 spiro atoms. The molecule has 1 saturated carbocycles. The van der Waals surface area contributed by atoms with Gasteiger partial charge in [-0.25, -0.2) is 0 Å². The van der Waals surface area contributed by atoms with E-state index < -0.39 is 0 Å². The highest BCUT2D eigenvalue weighted by atomic mass is 35.5. The van der Waals surface area contributed by atoms with Crippen LogP contribution < -0.4 is 5.32 Å². The van der Waals surface area contributed by atoms with Gasteiger partial charge in [-0.05, 0) is 45.5 Å². The molecule has 18 heavy (non-hydrogen) atoms. The van der Waals surface area contributed by atoms with E-state index in [2.05, 4.69) is 24.3 Å². The topological polar surface area (TPSA) is 35.5 Å². The standard InChI is InChI=1S/C14H21ClN2O/c1-17(2)14(7-4-8-14)10-16-9-11-12(15)5-3-6-13(11)18/h3,5-6,16,18H,4,7-10H2,1-2H3. The van der Waals surface area contributed by atoms with Crippen molar-refractivity contribution < 1.29 is 5.11 Å². The van der Waals surface area contributed by atoms with E-state index in [1.54, 1.807) is 12.1 Å². The minimum absolute atomic E-state index is 0.266. The summed E-state index contributed by atoms with van der Waals surface area (Å²) < 4.78 is 0. The molecule has 4 heteroatoms. The maximum absolute atomic E-state index is 9.77. The zero-order valence-corrected chi connectivity index (χ0v) is 11.8. The molecule has 2 rings (SSSR count). The average molecular weight is 269 g/mol. The summed E-state index contributed by atoms with van der Waals surface area (Å²) in [5.74, 6) is 0.266. The van der Waals surface area contributed by atoms with Gasteiger partial charge in [-0.15, -0.1) is 0 Å². The molecule has 1 aliphatic carbocycles. The zero-order valence-electron chi connectivity index (χ0n) is 11.0. The number of hydrogen-bond donors (Lipinski definition) is 2. The maximum atomic E-state index is 9.77. The molecule has 2 N–H and O–H groups in total. The van der Waals surface area contributed by atoms with Gasteiger partial charge in [0.15, 0.2) is 0 Å². The summed E-state index contributed by atoms with van der Waals surface area (Å²) in [4.78, 5) is 2.30. The van der Waals surface area contributed by atoms with Crippen LogP contribution in [0.5, 0.6) is 5.75 Å². The molecule has 0 unspecified atom stereocenters. The largest absolute Gasteiger partial charge is 0.508 e. The molecule has 0 bridgehead atoms. The number of nitrogens with one attached hydrogen (secondary N) is 1. The van der Waals surface area contributed by atoms with Gasteiger partial charge < -0.3 is 15.3 Å². The van der Waals surface area contributed by atoms with Crippen molar-refractivity contribution >= 4 is 11.6 Å². The second kappa shape index (κ2) is 5.47. The quantitative estimate of drug-likeness (QED) is 0.862. The van der Waals surface area contributed by atoms with Gasteiger partial charge in [0, 0.05) is 29.2 Å². The van der Waals surface area contributed by atoms with Crippen LogP contribution in [0.15, 0.2) is 18.2 Å². The summed E-state index contributed by atoms with van der Waals surface area (Å²) in [6, 6.07) is 5.24. The van der Waals surface area contributed by atoms with Crippen molar-refractivity contribution in [3.05, 3.63) is 28.8 Å². The molecule has 0 saturated heterocycles. The number of rotatable bonds is 5. The van der Waals surface area contributed by atoms with Crippen molar-refractivity contribution in [1.82, 2.24) is 10.2 Å². The molecular formula is C14H21ClN2O. The third-order valence-corrected chi connectivity index (χ3v) is 4.44. The number of aromatic hydroxyl groups is 1. The van der Waals surface area contributed by atoms with Gasteiger partial charge in [-0.1, -0.05) is 17.7 Å². The second-order valence-electron chi connectivity index (χ2n) is 5.31. The molecule has 1 fully saturated rings. The molecule has 0 aliphatic heterocycles. The number of hydrogen-bond acceptors (Lipinski definition) is 3. The lowest BCUT2D eigenvalue weighted by Crippen LogP contribution is -2.56. The monoisotopic (exact) mass is 268 g/mol. The third-order valence-electron chi connectivity index (χ3n) is 4.08. The summed E-state index contributed by atoms with van der Waals surface area (Å²) >= 11 is 6.08. The Morgan fingerprint density at radius 1 is 1.39 bits per heavy atom. The summed E-state index contributed by atoms with van der Waals surface area (Å²) in [5.41, 5.74) is 1.07. The molecule has 1 aliphatic rings. The van der Waals surface area contributed by atoms with Gasteiger partial charge in [-0.2, -0.15) is 0 Å². The molecule has 0 amide bonds. The van der Waals surface area contributed by atoms with E-state index in [0.717, 1.165) is 12.1 Å². The van der Waals surface area contributed by atoms with Crippen molar-refractivity contribution in [3.8, 4) is 5.75 Å². The van der Waals surface area contributed by atoms with Crippen LogP contribution in [-0.4, -0.2) is 36.2 Å². The molecule has 0 atom stereocenters. The van der Waals surface area contributed by atoms with E-state index >= 15 is 0 Å². The van der Waals surface area contributed by atoms with Crippen LogP contribution in [-0.2, 0) is 6.54 Å². The fraction of sp³-hybridized carbons (Fsp3) is 0.571. The number of halogens is 1. The minimum atomic E-state index is 0.266. The second-order valence-corrected chi connectivity index (χ2v) is 5.72. The van der Waals surface area contributed by atoms with Gasteiger partial charge in [0.2, 0.25) is 0 Å². The molecule has 3 nitrogen and oxygen atoms in total. The number of likely N-dealkylation sites (N-methyl/N-ethyl adjacent to an activating group) is 1. The molecule has 1 aromatic rings. The van der Waals surface area contributed by atoms with Gasteiger partial charge in [0.25, 0.3) is 0 Å². The Labute approximate surface area is 114 Å². The smallest absolute Gasteiger partial charge is 0.121 e. The zero-order chi connectivity index (χ0) is 13.2. The first-order chi connectivity index (χ1) is 8.55. The van der Waals surface area contributed by atoms with E-state index in [0.29, 0.717) is 11.6 Å². The Kier molecular flexibility index (Phi) is 4.15. The highest BCUT2D eigenvalue weighted by Crippen LogP contribution is 2.35. The average Bonchev–Trinajstić information content (AvgIpc) is 2.24. The summed E-state index contributed by atoms with van der Waals surface area (Å²) in [6.07, 6.45) is 3.78. The third kappa shape index (κ3) is 2.63. The van der Waals surface area contributed by atoms with E-state index in [1.165, 1.54) is 19.3 Å². The fourth-order valence-corrected chi connectivity index (χ4v) is 2.75. The Morgan fingerprint density at radius 3 is 2.61 bits per heavy atom. The summed E-state index contributed by atoms with van der Waals surface area (Å²) in [6.45, 7) is 1.55. The van der Waals surface area contributed by atoms with Gasteiger partial charge in [-0.3, -0.25) is 0 Å². The Hall–Kier alpha value is -0.770. The summed E-state index contributed by atoms with van der Waals surface area (Å²) in [5, 5.41) is 13.8. The van der Waals surface area contributed by atoms with Crippen LogP contribution >= 0.6 is 11.6 Å². The highest BCUT2D eigenvalue weighted by Gasteiger charge is 2.38. The fourth-order valence-electron chi connectivity index (χ4n) is 2.51. The van der Waals surface area contributed by atoms with Crippen LogP contribution in [0.1, 0.15) is 24.8 Å². The lowest BCUT2D eigenvalue weighted by Gasteiger charge is -2.47. The van der Waals surface area contributed by atoms with Gasteiger partial charge in [0.05, 0.1) is 0 Å². The van der Waals surface area contributed by atoms with E-state index in [4.69, 9.17) is 11.6 Å². The molecule has 1 aromatic carbocycles.